The second kappa shape index (κ2) is 11.0. The number of aliphatic hydroxyl groups excluding tert-OH is 1. The molecule has 8 heteroatoms. The van der Waals surface area contributed by atoms with Crippen molar-refractivity contribution in [2.45, 2.75) is 32.0 Å². The van der Waals surface area contributed by atoms with Crippen molar-refractivity contribution in [3.63, 3.8) is 0 Å². The van der Waals surface area contributed by atoms with Crippen LogP contribution in [0.3, 0.4) is 0 Å². The highest BCUT2D eigenvalue weighted by Crippen LogP contribution is 2.29. The molecular formula is C29H34N4O3S. The number of carbonyl (C=O) groups excluding carboxylic acids is 2. The molecule has 2 aliphatic rings. The molecule has 1 aromatic heterocycles. The Labute approximate surface area is 222 Å². The highest BCUT2D eigenvalue weighted by atomic mass is 32.1. The van der Waals surface area contributed by atoms with E-state index in [1.54, 1.807) is 0 Å². The maximum Gasteiger partial charge on any atom is 0.261 e. The molecule has 2 amide bonds. The van der Waals surface area contributed by atoms with Crippen molar-refractivity contribution in [1.29, 1.82) is 0 Å². The lowest BCUT2D eigenvalue weighted by molar-refractivity contribution is 0.0736. The smallest absolute Gasteiger partial charge is 0.261 e. The van der Waals surface area contributed by atoms with E-state index in [2.05, 4.69) is 34.5 Å². The van der Waals surface area contributed by atoms with Gasteiger partial charge in [0.2, 0.25) is 0 Å². The Bertz CT molecular complexity index is 1270. The molecule has 37 heavy (non-hydrogen) atoms. The van der Waals surface area contributed by atoms with Gasteiger partial charge < -0.3 is 20.2 Å². The fraction of sp³-hybridized carbons (Fsp3) is 0.379. The van der Waals surface area contributed by atoms with Crippen LogP contribution < -0.4 is 10.2 Å². The molecule has 2 N–H and O–H groups in total. The highest BCUT2D eigenvalue weighted by molar-refractivity contribution is 7.14. The third kappa shape index (κ3) is 5.87. The number of fused-ring (bicyclic) bond motifs is 2. The summed E-state index contributed by atoms with van der Waals surface area (Å²) in [5.41, 5.74) is 5.45. The summed E-state index contributed by atoms with van der Waals surface area (Å²) in [6.45, 7) is 3.63. The summed E-state index contributed by atoms with van der Waals surface area (Å²) in [7, 11) is 3.95. The third-order valence-electron chi connectivity index (χ3n) is 7.19. The molecule has 7 nitrogen and oxygen atoms in total. The highest BCUT2D eigenvalue weighted by Gasteiger charge is 2.26. The molecule has 0 unspecified atom stereocenters. The predicted octanol–water partition coefficient (Wildman–Crippen LogP) is 3.16. The molecule has 5 rings (SSSR count). The Hall–Kier alpha value is -3.20. The zero-order chi connectivity index (χ0) is 25.9. The summed E-state index contributed by atoms with van der Waals surface area (Å²) < 4.78 is 0. The predicted molar refractivity (Wildman–Crippen MR) is 147 cm³/mol. The normalized spacial score (nSPS) is 16.0. The molecule has 194 valence electrons. The van der Waals surface area contributed by atoms with E-state index in [0.29, 0.717) is 30.1 Å². The van der Waals surface area contributed by atoms with Gasteiger partial charge in [-0.1, -0.05) is 24.3 Å². The van der Waals surface area contributed by atoms with Crippen LogP contribution in [0.4, 0.5) is 5.69 Å². The number of amides is 2. The number of hydrogen-bond donors (Lipinski definition) is 2. The lowest BCUT2D eigenvalue weighted by Gasteiger charge is -2.30. The Morgan fingerprint density at radius 3 is 2.51 bits per heavy atom. The largest absolute Gasteiger partial charge is 0.390 e. The monoisotopic (exact) mass is 518 g/mol. The first-order chi connectivity index (χ1) is 17.9. The molecular weight excluding hydrogens is 484 g/mol. The number of rotatable bonds is 7. The second-order valence-electron chi connectivity index (χ2n) is 10.1. The molecule has 0 bridgehead atoms. The summed E-state index contributed by atoms with van der Waals surface area (Å²) >= 11 is 1.49. The topological polar surface area (TPSA) is 76.1 Å². The third-order valence-corrected chi connectivity index (χ3v) is 8.42. The molecule has 0 saturated heterocycles. The van der Waals surface area contributed by atoms with Gasteiger partial charge in [0.05, 0.1) is 11.0 Å². The summed E-state index contributed by atoms with van der Waals surface area (Å²) in [5.74, 6) is -0.156. The van der Waals surface area contributed by atoms with E-state index in [4.69, 9.17) is 0 Å². The van der Waals surface area contributed by atoms with Crippen molar-refractivity contribution in [3.05, 3.63) is 86.6 Å². The molecule has 1 atom stereocenters. The minimum absolute atomic E-state index is 0.0108. The number of β-amino-alcohol motifs (C(OH)–C–C–N with tert-alkyl or cyclic N) is 1. The number of nitrogens with zero attached hydrogens (tertiary/aromatic N) is 3. The van der Waals surface area contributed by atoms with Crippen LogP contribution >= 0.6 is 11.3 Å². The number of thiophene rings is 1. The van der Waals surface area contributed by atoms with E-state index in [9.17, 15) is 14.7 Å². The second-order valence-corrected chi connectivity index (χ2v) is 11.2. The van der Waals surface area contributed by atoms with Crippen molar-refractivity contribution >= 4 is 28.8 Å². The van der Waals surface area contributed by atoms with Crippen LogP contribution in [0.1, 0.15) is 41.6 Å². The Morgan fingerprint density at radius 1 is 1.00 bits per heavy atom. The first-order valence-electron chi connectivity index (χ1n) is 12.8. The summed E-state index contributed by atoms with van der Waals surface area (Å²) in [6.07, 6.45) is 1.10. The summed E-state index contributed by atoms with van der Waals surface area (Å²) in [5, 5.41) is 13.5. The standard InChI is InChI=1S/C29H34N4O3S/c1-31(2)24-9-7-21(8-10-24)29(36)33-14-12-26-23(18-33)15-27(37-26)28(35)30-16-25(34)19-32-13-11-20-5-3-4-6-22(20)17-32/h3-10,15,25,34H,11-14,16-19H2,1-2H3,(H,30,35)/t25-/m0/s1. The molecule has 3 aromatic rings. The molecule has 2 aromatic carbocycles. The Balaban J connectivity index is 1.13. The van der Waals surface area contributed by atoms with Crippen LogP contribution in [-0.4, -0.2) is 73.1 Å². The molecule has 3 heterocycles. The zero-order valence-corrected chi connectivity index (χ0v) is 22.3. The van der Waals surface area contributed by atoms with Crippen molar-refractivity contribution in [1.82, 2.24) is 15.1 Å². The maximum absolute atomic E-state index is 13.0. The van der Waals surface area contributed by atoms with Gasteiger partial charge in [-0.05, 0) is 59.9 Å². The van der Waals surface area contributed by atoms with Crippen molar-refractivity contribution < 1.29 is 14.7 Å². The number of carbonyl (C=O) groups is 2. The van der Waals surface area contributed by atoms with Gasteiger partial charge in [-0.3, -0.25) is 14.5 Å². The molecule has 0 radical (unpaired) electrons. The lowest BCUT2D eigenvalue weighted by Crippen LogP contribution is -2.41. The fourth-order valence-corrected chi connectivity index (χ4v) is 6.15. The van der Waals surface area contributed by atoms with E-state index < -0.39 is 6.10 Å². The molecule has 0 fully saturated rings. The average molecular weight is 519 g/mol. The lowest BCUT2D eigenvalue weighted by atomic mass is 10.00. The van der Waals surface area contributed by atoms with Gasteiger partial charge >= 0.3 is 0 Å². The fourth-order valence-electron chi connectivity index (χ4n) is 5.07. The van der Waals surface area contributed by atoms with Crippen LogP contribution in [0.2, 0.25) is 0 Å². The van der Waals surface area contributed by atoms with Gasteiger partial charge in [0, 0.05) is 69.5 Å². The van der Waals surface area contributed by atoms with Gasteiger partial charge in [0.1, 0.15) is 0 Å². The number of nitrogens with one attached hydrogen (secondary N) is 1. The summed E-state index contributed by atoms with van der Waals surface area (Å²) in [6, 6.07) is 18.0. The quantitative estimate of drug-likeness (QED) is 0.503. The molecule has 0 aliphatic carbocycles. The van der Waals surface area contributed by atoms with Crippen LogP contribution in [-0.2, 0) is 25.9 Å². The minimum atomic E-state index is -0.629. The van der Waals surface area contributed by atoms with Crippen LogP contribution in [0.15, 0.2) is 54.6 Å². The minimum Gasteiger partial charge on any atom is -0.390 e. The average Bonchev–Trinajstić information content (AvgIpc) is 3.35. The molecule has 0 spiro atoms. The van der Waals surface area contributed by atoms with Crippen molar-refractivity contribution in [3.8, 4) is 0 Å². The molecule has 0 saturated carbocycles. The van der Waals surface area contributed by atoms with Crippen molar-refractivity contribution in [2.24, 2.45) is 0 Å². The van der Waals surface area contributed by atoms with E-state index in [-0.39, 0.29) is 18.4 Å². The Morgan fingerprint density at radius 2 is 1.76 bits per heavy atom. The van der Waals surface area contributed by atoms with Crippen molar-refractivity contribution in [2.75, 3.05) is 45.2 Å². The van der Waals surface area contributed by atoms with Gasteiger partial charge in [0.25, 0.3) is 11.8 Å². The molecule has 2 aliphatic heterocycles. The maximum atomic E-state index is 13.0. The van der Waals surface area contributed by atoms with Gasteiger partial charge in [-0.25, -0.2) is 0 Å². The van der Waals surface area contributed by atoms with Crippen LogP contribution in [0, 0.1) is 0 Å². The SMILES string of the molecule is CN(C)c1ccc(C(=O)N2CCc3sc(C(=O)NC[C@H](O)CN4CCc5ccccc5C4)cc3C2)cc1. The number of aliphatic hydroxyl groups is 1. The van der Waals surface area contributed by atoms with Crippen LogP contribution in [0.5, 0.6) is 0 Å². The summed E-state index contributed by atoms with van der Waals surface area (Å²) in [4.78, 5) is 33.8. The first-order valence-corrected chi connectivity index (χ1v) is 13.6. The van der Waals surface area contributed by atoms with E-state index in [1.165, 1.54) is 22.5 Å². The van der Waals surface area contributed by atoms with Gasteiger partial charge in [0.15, 0.2) is 0 Å². The number of anilines is 1. The number of benzene rings is 2. The van der Waals surface area contributed by atoms with E-state index >= 15 is 0 Å². The first kappa shape index (κ1) is 25.4. The zero-order valence-electron chi connectivity index (χ0n) is 21.4. The Kier molecular flexibility index (Phi) is 7.60. The van der Waals surface area contributed by atoms with E-state index in [1.807, 2.05) is 54.2 Å². The van der Waals surface area contributed by atoms with E-state index in [0.717, 1.165) is 42.1 Å². The van der Waals surface area contributed by atoms with Gasteiger partial charge in [-0.2, -0.15) is 0 Å². The van der Waals surface area contributed by atoms with Crippen LogP contribution in [0.25, 0.3) is 0 Å². The number of hydrogen-bond acceptors (Lipinski definition) is 6. The van der Waals surface area contributed by atoms with Gasteiger partial charge in [-0.15, -0.1) is 11.3 Å².